The Kier molecular flexibility index (Phi) is 5.57. The summed E-state index contributed by atoms with van der Waals surface area (Å²) in [4.78, 5) is 26.7. The monoisotopic (exact) mass is 367 g/mol. The normalized spacial score (nSPS) is 12.0. The number of furan rings is 1. The Hall–Kier alpha value is -3.12. The molecule has 140 valence electrons. The molecular formula is C21H21NO5. The quantitative estimate of drug-likeness (QED) is 0.620. The van der Waals surface area contributed by atoms with Gasteiger partial charge in [-0.15, -0.1) is 0 Å². The summed E-state index contributed by atoms with van der Waals surface area (Å²) in [7, 11) is 3.18. The lowest BCUT2D eigenvalue weighted by atomic mass is 10.1. The fraction of sp³-hybridized carbons (Fsp3) is 0.238. The second kappa shape index (κ2) is 8.05. The highest BCUT2D eigenvalue weighted by Crippen LogP contribution is 2.27. The predicted octanol–water partition coefficient (Wildman–Crippen LogP) is 3.79. The van der Waals surface area contributed by atoms with Gasteiger partial charge >= 0.3 is 5.97 Å². The fourth-order valence-electron chi connectivity index (χ4n) is 2.87. The minimum atomic E-state index is -0.966. The second-order valence-electron chi connectivity index (χ2n) is 6.12. The van der Waals surface area contributed by atoms with Crippen molar-refractivity contribution in [2.24, 2.45) is 0 Å². The lowest BCUT2D eigenvalue weighted by Crippen LogP contribution is -2.37. The van der Waals surface area contributed by atoms with Crippen molar-refractivity contribution in [2.75, 3.05) is 19.1 Å². The highest BCUT2D eigenvalue weighted by molar-refractivity contribution is 6.00. The number of benzene rings is 2. The van der Waals surface area contributed by atoms with Crippen molar-refractivity contribution in [3.63, 3.8) is 0 Å². The van der Waals surface area contributed by atoms with Gasteiger partial charge in [0, 0.05) is 30.8 Å². The van der Waals surface area contributed by atoms with Crippen LogP contribution in [0, 0.1) is 0 Å². The van der Waals surface area contributed by atoms with Gasteiger partial charge in [0.2, 0.25) is 5.76 Å². The predicted molar refractivity (Wildman–Crippen MR) is 102 cm³/mol. The van der Waals surface area contributed by atoms with E-state index in [0.717, 1.165) is 5.39 Å². The van der Waals surface area contributed by atoms with Gasteiger partial charge < -0.3 is 18.8 Å². The number of para-hydroxylation sites is 2. The lowest BCUT2D eigenvalue weighted by Gasteiger charge is -2.21. The maximum absolute atomic E-state index is 12.6. The molecule has 6 nitrogen and oxygen atoms in total. The Morgan fingerprint density at radius 3 is 2.44 bits per heavy atom. The number of hydrogen-bond acceptors (Lipinski definition) is 5. The van der Waals surface area contributed by atoms with Crippen molar-refractivity contribution in [1.82, 2.24) is 0 Å². The van der Waals surface area contributed by atoms with Crippen molar-refractivity contribution >= 4 is 28.5 Å². The first kappa shape index (κ1) is 18.7. The zero-order valence-electron chi connectivity index (χ0n) is 15.5. The molecule has 3 rings (SSSR count). The van der Waals surface area contributed by atoms with Gasteiger partial charge in [0.1, 0.15) is 5.58 Å². The molecular weight excluding hydrogens is 346 g/mol. The molecule has 0 radical (unpaired) electrons. The summed E-state index contributed by atoms with van der Waals surface area (Å²) in [5.41, 5.74) is 1.89. The first-order valence-corrected chi connectivity index (χ1v) is 8.56. The summed E-state index contributed by atoms with van der Waals surface area (Å²) in [6.45, 7) is 1.74. The third-order valence-corrected chi connectivity index (χ3v) is 4.28. The molecule has 0 aliphatic rings. The molecule has 0 spiro atoms. The molecule has 0 fully saturated rings. The second-order valence-corrected chi connectivity index (χ2v) is 6.12. The molecule has 6 heteroatoms. The topological polar surface area (TPSA) is 69.0 Å². The van der Waals surface area contributed by atoms with Gasteiger partial charge in [0.05, 0.1) is 6.61 Å². The minimum Gasteiger partial charge on any atom is -0.449 e. The van der Waals surface area contributed by atoms with E-state index in [1.165, 1.54) is 12.0 Å². The SMILES string of the molecule is COCc1c(C(=O)OC(C)C(=O)N(C)c2ccccc2)oc2ccccc12. The van der Waals surface area contributed by atoms with Crippen LogP contribution in [0.1, 0.15) is 23.0 Å². The molecule has 27 heavy (non-hydrogen) atoms. The van der Waals surface area contributed by atoms with Crippen LogP contribution in [0.4, 0.5) is 5.69 Å². The molecule has 0 bridgehead atoms. The van der Waals surface area contributed by atoms with Crippen LogP contribution in [0.2, 0.25) is 0 Å². The van der Waals surface area contributed by atoms with Crippen molar-refractivity contribution in [3.05, 3.63) is 65.9 Å². The molecule has 1 unspecified atom stereocenters. The number of carbonyl (C=O) groups is 2. The molecule has 0 aliphatic heterocycles. The maximum Gasteiger partial charge on any atom is 0.375 e. The zero-order chi connectivity index (χ0) is 19.4. The number of likely N-dealkylation sites (N-methyl/N-ethyl adjacent to an activating group) is 1. The molecule has 1 aromatic heterocycles. The van der Waals surface area contributed by atoms with Crippen LogP contribution in [0.5, 0.6) is 0 Å². The summed E-state index contributed by atoms with van der Waals surface area (Å²) in [5, 5.41) is 0.784. The molecule has 1 heterocycles. The van der Waals surface area contributed by atoms with E-state index < -0.39 is 12.1 Å². The molecule has 2 aromatic carbocycles. The summed E-state index contributed by atoms with van der Waals surface area (Å²) < 4.78 is 16.2. The number of esters is 1. The van der Waals surface area contributed by atoms with Gasteiger partial charge in [-0.2, -0.15) is 0 Å². The zero-order valence-corrected chi connectivity index (χ0v) is 15.5. The minimum absolute atomic E-state index is 0.0556. The van der Waals surface area contributed by atoms with E-state index in [2.05, 4.69) is 0 Å². The van der Waals surface area contributed by atoms with E-state index in [0.29, 0.717) is 16.8 Å². The Balaban J connectivity index is 1.79. The van der Waals surface area contributed by atoms with Gasteiger partial charge in [-0.25, -0.2) is 4.79 Å². The number of anilines is 1. The third kappa shape index (κ3) is 3.85. The van der Waals surface area contributed by atoms with Crippen LogP contribution in [0.25, 0.3) is 11.0 Å². The smallest absolute Gasteiger partial charge is 0.375 e. The number of rotatable bonds is 6. The molecule has 0 aliphatic carbocycles. The molecule has 0 N–H and O–H groups in total. The number of fused-ring (bicyclic) bond motifs is 1. The Labute approximate surface area is 157 Å². The number of carbonyl (C=O) groups excluding carboxylic acids is 2. The standard InChI is InChI=1S/C21H21NO5/c1-14(20(23)22(2)15-9-5-4-6-10-15)26-21(24)19-17(13-25-3)16-11-7-8-12-18(16)27-19/h4-12,14H,13H2,1-3H3. The van der Waals surface area contributed by atoms with Gasteiger partial charge in [-0.1, -0.05) is 36.4 Å². The Morgan fingerprint density at radius 2 is 1.74 bits per heavy atom. The van der Waals surface area contributed by atoms with Crippen LogP contribution >= 0.6 is 0 Å². The van der Waals surface area contributed by atoms with Crippen molar-refractivity contribution in [3.8, 4) is 0 Å². The summed E-state index contributed by atoms with van der Waals surface area (Å²) >= 11 is 0. The van der Waals surface area contributed by atoms with Crippen molar-refractivity contribution in [2.45, 2.75) is 19.6 Å². The summed E-state index contributed by atoms with van der Waals surface area (Å²) in [6.07, 6.45) is -0.966. The number of amides is 1. The highest BCUT2D eigenvalue weighted by atomic mass is 16.6. The molecule has 0 saturated carbocycles. The van der Waals surface area contributed by atoms with Crippen LogP contribution in [-0.2, 0) is 20.9 Å². The van der Waals surface area contributed by atoms with Crippen LogP contribution < -0.4 is 4.90 Å². The van der Waals surface area contributed by atoms with E-state index in [4.69, 9.17) is 13.9 Å². The lowest BCUT2D eigenvalue weighted by molar-refractivity contribution is -0.126. The first-order chi connectivity index (χ1) is 13.0. The van der Waals surface area contributed by atoms with E-state index in [-0.39, 0.29) is 18.3 Å². The number of nitrogens with zero attached hydrogens (tertiary/aromatic N) is 1. The van der Waals surface area contributed by atoms with Gasteiger partial charge in [0.15, 0.2) is 6.10 Å². The van der Waals surface area contributed by atoms with Crippen LogP contribution in [-0.4, -0.2) is 32.1 Å². The molecule has 1 amide bonds. The average Bonchev–Trinajstić information content (AvgIpc) is 3.06. The Bertz CT molecular complexity index is 948. The molecule has 0 saturated heterocycles. The summed E-state index contributed by atoms with van der Waals surface area (Å²) in [5.74, 6) is -0.973. The van der Waals surface area contributed by atoms with Gasteiger partial charge in [0.25, 0.3) is 5.91 Å². The van der Waals surface area contributed by atoms with E-state index in [1.54, 1.807) is 20.0 Å². The Morgan fingerprint density at radius 1 is 1.07 bits per heavy atom. The van der Waals surface area contributed by atoms with E-state index in [9.17, 15) is 9.59 Å². The van der Waals surface area contributed by atoms with Crippen LogP contribution in [0.15, 0.2) is 59.0 Å². The average molecular weight is 367 g/mol. The number of ether oxygens (including phenoxy) is 2. The van der Waals surface area contributed by atoms with Crippen molar-refractivity contribution < 1.29 is 23.5 Å². The molecule has 1 atom stereocenters. The van der Waals surface area contributed by atoms with E-state index >= 15 is 0 Å². The van der Waals surface area contributed by atoms with Gasteiger partial charge in [-0.3, -0.25) is 4.79 Å². The van der Waals surface area contributed by atoms with Crippen LogP contribution in [0.3, 0.4) is 0 Å². The largest absolute Gasteiger partial charge is 0.449 e. The maximum atomic E-state index is 12.6. The van der Waals surface area contributed by atoms with Gasteiger partial charge in [-0.05, 0) is 25.1 Å². The first-order valence-electron chi connectivity index (χ1n) is 8.56. The summed E-state index contributed by atoms with van der Waals surface area (Å²) in [6, 6.07) is 16.4. The molecule has 3 aromatic rings. The van der Waals surface area contributed by atoms with E-state index in [1.807, 2.05) is 48.5 Å². The number of hydrogen-bond donors (Lipinski definition) is 0. The third-order valence-electron chi connectivity index (χ3n) is 4.28. The fourth-order valence-corrected chi connectivity index (χ4v) is 2.87. The van der Waals surface area contributed by atoms with Crippen molar-refractivity contribution in [1.29, 1.82) is 0 Å². The number of methoxy groups -OCH3 is 1. The highest BCUT2D eigenvalue weighted by Gasteiger charge is 2.27.